The molecule has 3 fully saturated rings. The summed E-state index contributed by atoms with van der Waals surface area (Å²) in [7, 11) is 0. The highest BCUT2D eigenvalue weighted by Crippen LogP contribution is 2.27. The van der Waals surface area contributed by atoms with Gasteiger partial charge in [0.05, 0.1) is 19.6 Å². The first-order valence-corrected chi connectivity index (χ1v) is 8.28. The standard InChI is InChI=1S/C16H20N3S.ClH/c1-2-4-14(5-3-1)16-17-15(13-20-16)12-19-9-6-18(7-10-19)8-11-19;/h1-5,13H,6-12H2;1H/q+1;/p-1. The van der Waals surface area contributed by atoms with Gasteiger partial charge < -0.3 is 16.9 Å². The van der Waals surface area contributed by atoms with Crippen LogP contribution in [0.25, 0.3) is 10.6 Å². The average molecular weight is 322 g/mol. The Morgan fingerprint density at radius 2 is 1.71 bits per heavy atom. The molecule has 112 valence electrons. The van der Waals surface area contributed by atoms with Crippen LogP contribution in [0.3, 0.4) is 0 Å². The lowest BCUT2D eigenvalue weighted by atomic mass is 10.1. The summed E-state index contributed by atoms with van der Waals surface area (Å²) in [5.74, 6) is 0. The minimum Gasteiger partial charge on any atom is -1.00 e. The third kappa shape index (κ3) is 2.99. The Bertz CT molecular complexity index is 577. The Labute approximate surface area is 136 Å². The maximum absolute atomic E-state index is 4.87. The summed E-state index contributed by atoms with van der Waals surface area (Å²) >= 11 is 1.78. The van der Waals surface area contributed by atoms with Crippen molar-refractivity contribution in [2.75, 3.05) is 39.3 Å². The van der Waals surface area contributed by atoms with Crippen molar-refractivity contribution in [3.05, 3.63) is 41.4 Å². The Morgan fingerprint density at radius 1 is 1.05 bits per heavy atom. The van der Waals surface area contributed by atoms with Gasteiger partial charge in [0, 0.05) is 30.6 Å². The normalized spacial score (nSPS) is 27.3. The molecule has 1 aromatic heterocycles. The Kier molecular flexibility index (Phi) is 4.31. The highest BCUT2D eigenvalue weighted by molar-refractivity contribution is 7.13. The fraction of sp³-hybridized carbons (Fsp3) is 0.438. The van der Waals surface area contributed by atoms with E-state index in [1.807, 2.05) is 0 Å². The van der Waals surface area contributed by atoms with E-state index in [4.69, 9.17) is 4.98 Å². The van der Waals surface area contributed by atoms with E-state index in [2.05, 4.69) is 40.6 Å². The van der Waals surface area contributed by atoms with Crippen molar-refractivity contribution in [2.45, 2.75) is 6.54 Å². The fourth-order valence-electron chi connectivity index (χ4n) is 3.41. The molecule has 3 saturated heterocycles. The van der Waals surface area contributed by atoms with E-state index in [0.29, 0.717) is 0 Å². The van der Waals surface area contributed by atoms with E-state index in [1.54, 1.807) is 11.3 Å². The monoisotopic (exact) mass is 321 g/mol. The van der Waals surface area contributed by atoms with E-state index in [0.717, 1.165) is 11.6 Å². The molecule has 5 rings (SSSR count). The summed E-state index contributed by atoms with van der Waals surface area (Å²) in [5, 5.41) is 3.42. The van der Waals surface area contributed by atoms with E-state index in [1.165, 1.54) is 55.0 Å². The zero-order valence-corrected chi connectivity index (χ0v) is 13.6. The van der Waals surface area contributed by atoms with Gasteiger partial charge in [-0.2, -0.15) is 0 Å². The van der Waals surface area contributed by atoms with Crippen LogP contribution in [0.15, 0.2) is 35.7 Å². The first kappa shape index (κ1) is 15.0. The molecule has 2 aromatic rings. The predicted octanol–water partition coefficient (Wildman–Crippen LogP) is -0.540. The molecule has 4 heterocycles. The second kappa shape index (κ2) is 6.05. The number of thiazole rings is 1. The summed E-state index contributed by atoms with van der Waals surface area (Å²) in [6.07, 6.45) is 0. The van der Waals surface area contributed by atoms with Crippen molar-refractivity contribution in [3.8, 4) is 10.6 Å². The summed E-state index contributed by atoms with van der Waals surface area (Å²) in [6.45, 7) is 8.85. The maximum atomic E-state index is 4.87. The number of halogens is 1. The van der Waals surface area contributed by atoms with Crippen LogP contribution in [0.5, 0.6) is 0 Å². The second-order valence-electron chi connectivity index (χ2n) is 6.02. The molecule has 1 aromatic carbocycles. The summed E-state index contributed by atoms with van der Waals surface area (Å²) < 4.78 is 1.26. The molecule has 0 unspecified atom stereocenters. The number of aromatic nitrogens is 1. The quantitative estimate of drug-likeness (QED) is 0.706. The number of nitrogens with zero attached hydrogens (tertiary/aromatic N) is 3. The number of piperazine rings is 3. The van der Waals surface area contributed by atoms with Gasteiger partial charge in [-0.05, 0) is 0 Å². The van der Waals surface area contributed by atoms with E-state index in [-0.39, 0.29) is 12.4 Å². The minimum absolute atomic E-state index is 0. The second-order valence-corrected chi connectivity index (χ2v) is 6.88. The fourth-order valence-corrected chi connectivity index (χ4v) is 4.22. The zero-order chi connectivity index (χ0) is 13.4. The SMILES string of the molecule is [Cl-].c1ccc(-c2nc(C[N+]34CCN(CC3)CC4)cs2)cc1. The molecule has 21 heavy (non-hydrogen) atoms. The van der Waals surface area contributed by atoms with Crippen molar-refractivity contribution in [2.24, 2.45) is 0 Å². The number of rotatable bonds is 3. The molecule has 2 bridgehead atoms. The molecule has 3 aliphatic heterocycles. The van der Waals surface area contributed by atoms with Gasteiger partial charge in [0.1, 0.15) is 17.2 Å². The maximum Gasteiger partial charge on any atom is 0.123 e. The number of hydrogen-bond donors (Lipinski definition) is 0. The van der Waals surface area contributed by atoms with Crippen molar-refractivity contribution in [3.63, 3.8) is 0 Å². The highest BCUT2D eigenvalue weighted by atomic mass is 35.5. The molecule has 0 amide bonds. The zero-order valence-electron chi connectivity index (χ0n) is 12.0. The van der Waals surface area contributed by atoms with Gasteiger partial charge in [0.2, 0.25) is 0 Å². The van der Waals surface area contributed by atoms with Gasteiger partial charge in [-0.1, -0.05) is 30.3 Å². The lowest BCUT2D eigenvalue weighted by Crippen LogP contribution is -3.00. The third-order valence-corrected chi connectivity index (χ3v) is 5.68. The predicted molar refractivity (Wildman–Crippen MR) is 82.6 cm³/mol. The Balaban J connectivity index is 0.00000132. The lowest BCUT2D eigenvalue weighted by Gasteiger charge is -2.50. The number of fused-ring (bicyclic) bond motifs is 3. The van der Waals surface area contributed by atoms with Crippen molar-refractivity contribution in [1.82, 2.24) is 9.88 Å². The van der Waals surface area contributed by atoms with Gasteiger partial charge in [0.15, 0.2) is 0 Å². The van der Waals surface area contributed by atoms with E-state index in [9.17, 15) is 0 Å². The molecule has 3 nitrogen and oxygen atoms in total. The molecule has 5 heteroatoms. The number of quaternary nitrogens is 1. The first-order chi connectivity index (χ1) is 9.83. The lowest BCUT2D eigenvalue weighted by molar-refractivity contribution is -0.953. The Hall–Kier alpha value is -0.940. The van der Waals surface area contributed by atoms with Crippen LogP contribution in [-0.4, -0.2) is 53.6 Å². The van der Waals surface area contributed by atoms with Crippen LogP contribution < -0.4 is 12.4 Å². The van der Waals surface area contributed by atoms with Gasteiger partial charge in [-0.15, -0.1) is 11.3 Å². The highest BCUT2D eigenvalue weighted by Gasteiger charge is 2.38. The van der Waals surface area contributed by atoms with Crippen molar-refractivity contribution >= 4 is 11.3 Å². The smallest absolute Gasteiger partial charge is 0.123 e. The van der Waals surface area contributed by atoms with Gasteiger partial charge in [0.25, 0.3) is 0 Å². The molecule has 0 aliphatic carbocycles. The molecular weight excluding hydrogens is 302 g/mol. The summed E-state index contributed by atoms with van der Waals surface area (Å²) in [4.78, 5) is 7.47. The molecule has 3 aliphatic rings. The van der Waals surface area contributed by atoms with E-state index >= 15 is 0 Å². The average Bonchev–Trinajstić information content (AvgIpc) is 2.98. The van der Waals surface area contributed by atoms with Crippen LogP contribution in [0.4, 0.5) is 0 Å². The minimum atomic E-state index is 0. The van der Waals surface area contributed by atoms with Crippen molar-refractivity contribution in [1.29, 1.82) is 0 Å². The van der Waals surface area contributed by atoms with E-state index < -0.39 is 0 Å². The molecule has 0 N–H and O–H groups in total. The topological polar surface area (TPSA) is 16.1 Å². The Morgan fingerprint density at radius 3 is 2.38 bits per heavy atom. The molecule has 0 radical (unpaired) electrons. The largest absolute Gasteiger partial charge is 1.00 e. The molecule has 0 spiro atoms. The van der Waals surface area contributed by atoms with Crippen molar-refractivity contribution < 1.29 is 16.9 Å². The molecule has 0 atom stereocenters. The van der Waals surface area contributed by atoms with Crippen LogP contribution >= 0.6 is 11.3 Å². The third-order valence-electron chi connectivity index (χ3n) is 4.74. The molecule has 0 saturated carbocycles. The number of hydrogen-bond acceptors (Lipinski definition) is 3. The van der Waals surface area contributed by atoms with Gasteiger partial charge >= 0.3 is 0 Å². The van der Waals surface area contributed by atoms with Crippen LogP contribution in [-0.2, 0) is 6.54 Å². The first-order valence-electron chi connectivity index (χ1n) is 7.40. The van der Waals surface area contributed by atoms with Crippen LogP contribution in [0, 0.1) is 0 Å². The van der Waals surface area contributed by atoms with Crippen LogP contribution in [0.1, 0.15) is 5.69 Å². The van der Waals surface area contributed by atoms with Gasteiger partial charge in [-0.3, -0.25) is 4.90 Å². The summed E-state index contributed by atoms with van der Waals surface area (Å²) in [6, 6.07) is 10.5. The summed E-state index contributed by atoms with van der Waals surface area (Å²) in [5.41, 5.74) is 2.52. The number of benzene rings is 1. The molecular formula is C16H20ClN3S. The van der Waals surface area contributed by atoms with Crippen LogP contribution in [0.2, 0.25) is 0 Å². The van der Waals surface area contributed by atoms with Gasteiger partial charge in [-0.25, -0.2) is 4.98 Å².